The molecule has 1 unspecified atom stereocenters. The number of benzene rings is 1. The van der Waals surface area contributed by atoms with E-state index in [-0.39, 0.29) is 0 Å². The Kier molecular flexibility index (Phi) is 2.88. The van der Waals surface area contributed by atoms with Crippen molar-refractivity contribution in [3.05, 3.63) is 33.4 Å². The molecule has 0 radical (unpaired) electrons. The fourth-order valence-electron chi connectivity index (χ4n) is 3.04. The molecule has 0 amide bonds. The third-order valence-corrected chi connectivity index (χ3v) is 4.27. The Labute approximate surface area is 97.9 Å². The number of hydrogen-bond acceptors (Lipinski definition) is 1. The fraction of sp³-hybridized carbons (Fsp3) is 0.533. The van der Waals surface area contributed by atoms with Gasteiger partial charge < -0.3 is 0 Å². The van der Waals surface area contributed by atoms with Gasteiger partial charge in [0.05, 0.1) is 0 Å². The highest BCUT2D eigenvalue weighted by atomic mass is 16.1. The van der Waals surface area contributed by atoms with E-state index < -0.39 is 0 Å². The molecule has 0 heterocycles. The maximum Gasteiger partial charge on any atom is 0.150 e. The Hall–Kier alpha value is -1.11. The summed E-state index contributed by atoms with van der Waals surface area (Å²) >= 11 is 0. The molecule has 86 valence electrons. The minimum atomic E-state index is 0.543. The van der Waals surface area contributed by atoms with Gasteiger partial charge in [0.1, 0.15) is 0 Å². The van der Waals surface area contributed by atoms with Crippen LogP contribution in [0.5, 0.6) is 0 Å². The molecule has 1 aliphatic rings. The molecule has 1 atom stereocenters. The molecule has 2 rings (SSSR count). The lowest BCUT2D eigenvalue weighted by Gasteiger charge is -2.28. The van der Waals surface area contributed by atoms with Crippen molar-refractivity contribution in [3.63, 3.8) is 0 Å². The Balaban J connectivity index is 2.80. The predicted octanol–water partition coefficient (Wildman–Crippen LogP) is 3.86. The Bertz CT molecular complexity index is 443. The van der Waals surface area contributed by atoms with Gasteiger partial charge in [0.2, 0.25) is 0 Å². The summed E-state index contributed by atoms with van der Waals surface area (Å²) in [5.41, 5.74) is 7.63. The van der Waals surface area contributed by atoms with E-state index in [1.807, 2.05) is 0 Å². The third kappa shape index (κ3) is 1.50. The molecule has 0 aliphatic heterocycles. The van der Waals surface area contributed by atoms with Gasteiger partial charge in [-0.3, -0.25) is 4.79 Å². The lowest BCUT2D eigenvalue weighted by atomic mass is 9.76. The zero-order valence-corrected chi connectivity index (χ0v) is 10.7. The summed E-state index contributed by atoms with van der Waals surface area (Å²) in [7, 11) is 0. The first-order valence-electron chi connectivity index (χ1n) is 6.15. The third-order valence-electron chi connectivity index (χ3n) is 4.27. The van der Waals surface area contributed by atoms with Gasteiger partial charge in [-0.25, -0.2) is 0 Å². The average molecular weight is 216 g/mol. The monoisotopic (exact) mass is 216 g/mol. The molecule has 0 spiro atoms. The summed E-state index contributed by atoms with van der Waals surface area (Å²) in [6.07, 6.45) is 4.68. The number of fused-ring (bicyclic) bond motifs is 1. The molecule has 1 aliphatic carbocycles. The topological polar surface area (TPSA) is 17.1 Å². The van der Waals surface area contributed by atoms with Crippen molar-refractivity contribution in [3.8, 4) is 0 Å². The van der Waals surface area contributed by atoms with Gasteiger partial charge in [-0.2, -0.15) is 0 Å². The molecule has 1 heteroatoms. The maximum absolute atomic E-state index is 11.3. The van der Waals surface area contributed by atoms with Crippen LogP contribution in [0.2, 0.25) is 0 Å². The summed E-state index contributed by atoms with van der Waals surface area (Å²) in [4.78, 5) is 11.3. The van der Waals surface area contributed by atoms with E-state index in [1.54, 1.807) is 0 Å². The van der Waals surface area contributed by atoms with Crippen molar-refractivity contribution in [1.82, 2.24) is 0 Å². The normalized spacial score (nSPS) is 19.4. The molecule has 0 aromatic heterocycles. The van der Waals surface area contributed by atoms with Crippen LogP contribution >= 0.6 is 0 Å². The first kappa shape index (κ1) is 11.4. The summed E-state index contributed by atoms with van der Waals surface area (Å²) in [5.74, 6) is 0.543. The van der Waals surface area contributed by atoms with E-state index in [2.05, 4.69) is 27.7 Å². The SMILES string of the molecule is Cc1c(C)c(C=O)c2c(c1C)CCCC2C. The van der Waals surface area contributed by atoms with E-state index in [9.17, 15) is 4.79 Å². The van der Waals surface area contributed by atoms with Crippen LogP contribution in [-0.2, 0) is 6.42 Å². The largest absolute Gasteiger partial charge is 0.298 e. The molecule has 0 saturated carbocycles. The fourth-order valence-corrected chi connectivity index (χ4v) is 3.04. The van der Waals surface area contributed by atoms with E-state index in [1.165, 1.54) is 40.7 Å². The van der Waals surface area contributed by atoms with Gasteiger partial charge in [-0.05, 0) is 73.8 Å². The van der Waals surface area contributed by atoms with Gasteiger partial charge in [0.25, 0.3) is 0 Å². The molecule has 0 fully saturated rings. The van der Waals surface area contributed by atoms with Crippen LogP contribution < -0.4 is 0 Å². The van der Waals surface area contributed by atoms with Gasteiger partial charge in [0, 0.05) is 5.56 Å². The van der Waals surface area contributed by atoms with Crippen LogP contribution in [0, 0.1) is 20.8 Å². The Morgan fingerprint density at radius 3 is 2.44 bits per heavy atom. The van der Waals surface area contributed by atoms with Crippen LogP contribution in [0.1, 0.15) is 63.9 Å². The zero-order valence-electron chi connectivity index (χ0n) is 10.7. The summed E-state index contributed by atoms with van der Waals surface area (Å²) in [6.45, 7) is 8.66. The average Bonchev–Trinajstić information content (AvgIpc) is 2.28. The Morgan fingerprint density at radius 1 is 1.12 bits per heavy atom. The van der Waals surface area contributed by atoms with Crippen molar-refractivity contribution in [2.75, 3.05) is 0 Å². The highest BCUT2D eigenvalue weighted by Crippen LogP contribution is 2.38. The zero-order chi connectivity index (χ0) is 11.9. The van der Waals surface area contributed by atoms with Gasteiger partial charge in [0.15, 0.2) is 6.29 Å². The Morgan fingerprint density at radius 2 is 1.81 bits per heavy atom. The first-order valence-corrected chi connectivity index (χ1v) is 6.15. The molecule has 0 saturated heterocycles. The second-order valence-corrected chi connectivity index (χ2v) is 5.09. The molecule has 0 bridgehead atoms. The summed E-state index contributed by atoms with van der Waals surface area (Å²) < 4.78 is 0. The molecule has 1 aromatic carbocycles. The van der Waals surface area contributed by atoms with E-state index in [0.29, 0.717) is 5.92 Å². The predicted molar refractivity (Wildman–Crippen MR) is 67.4 cm³/mol. The van der Waals surface area contributed by atoms with Crippen LogP contribution in [0.4, 0.5) is 0 Å². The summed E-state index contributed by atoms with van der Waals surface area (Å²) in [5, 5.41) is 0. The van der Waals surface area contributed by atoms with E-state index in [0.717, 1.165) is 18.3 Å². The maximum atomic E-state index is 11.3. The first-order chi connectivity index (χ1) is 7.57. The smallest absolute Gasteiger partial charge is 0.150 e. The standard InChI is InChI=1S/C15H20O/c1-9-6-5-7-13-11(3)10(2)12(4)14(8-16)15(9)13/h8-9H,5-7H2,1-4H3. The highest BCUT2D eigenvalue weighted by molar-refractivity contribution is 5.82. The lowest BCUT2D eigenvalue weighted by molar-refractivity contribution is 0.112. The number of aldehydes is 1. The van der Waals surface area contributed by atoms with Gasteiger partial charge >= 0.3 is 0 Å². The molecule has 1 aromatic rings. The van der Waals surface area contributed by atoms with Crippen LogP contribution in [0.3, 0.4) is 0 Å². The second-order valence-electron chi connectivity index (χ2n) is 5.09. The van der Waals surface area contributed by atoms with Crippen molar-refractivity contribution in [1.29, 1.82) is 0 Å². The summed E-state index contributed by atoms with van der Waals surface area (Å²) in [6, 6.07) is 0. The van der Waals surface area contributed by atoms with Crippen molar-refractivity contribution < 1.29 is 4.79 Å². The van der Waals surface area contributed by atoms with Crippen molar-refractivity contribution >= 4 is 6.29 Å². The minimum Gasteiger partial charge on any atom is -0.298 e. The van der Waals surface area contributed by atoms with Crippen LogP contribution in [0.25, 0.3) is 0 Å². The highest BCUT2D eigenvalue weighted by Gasteiger charge is 2.24. The van der Waals surface area contributed by atoms with Crippen molar-refractivity contribution in [2.45, 2.75) is 52.9 Å². The lowest BCUT2D eigenvalue weighted by Crippen LogP contribution is -2.14. The number of carbonyl (C=O) groups is 1. The quantitative estimate of drug-likeness (QED) is 0.651. The van der Waals surface area contributed by atoms with Gasteiger partial charge in [-0.15, -0.1) is 0 Å². The van der Waals surface area contributed by atoms with Gasteiger partial charge in [-0.1, -0.05) is 6.92 Å². The van der Waals surface area contributed by atoms with E-state index >= 15 is 0 Å². The number of carbonyl (C=O) groups excluding carboxylic acids is 1. The molecule has 16 heavy (non-hydrogen) atoms. The number of rotatable bonds is 1. The second kappa shape index (κ2) is 4.04. The molecular formula is C15H20O. The van der Waals surface area contributed by atoms with Crippen molar-refractivity contribution in [2.24, 2.45) is 0 Å². The molecule has 0 N–H and O–H groups in total. The molecular weight excluding hydrogens is 196 g/mol. The molecule has 1 nitrogen and oxygen atoms in total. The number of hydrogen-bond donors (Lipinski definition) is 0. The van der Waals surface area contributed by atoms with E-state index in [4.69, 9.17) is 0 Å². The van der Waals surface area contributed by atoms with Crippen LogP contribution in [-0.4, -0.2) is 6.29 Å². The van der Waals surface area contributed by atoms with Crippen LogP contribution in [0.15, 0.2) is 0 Å². The minimum absolute atomic E-state index is 0.543.